The number of rotatable bonds is 5. The highest BCUT2D eigenvalue weighted by Gasteiger charge is 2.13. The molecule has 0 atom stereocenters. The van der Waals surface area contributed by atoms with Crippen LogP contribution in [0, 0.1) is 0 Å². The number of carbonyl (C=O) groups is 2. The van der Waals surface area contributed by atoms with Crippen molar-refractivity contribution in [3.05, 3.63) is 60.2 Å². The van der Waals surface area contributed by atoms with Gasteiger partial charge in [-0.2, -0.15) is 0 Å². The van der Waals surface area contributed by atoms with Gasteiger partial charge in [-0.05, 0) is 35.9 Å². The number of hydrogen-bond acceptors (Lipinski definition) is 5. The van der Waals surface area contributed by atoms with Gasteiger partial charge in [0.25, 0.3) is 5.91 Å². The van der Waals surface area contributed by atoms with Crippen LogP contribution in [0.25, 0.3) is 6.08 Å². The Morgan fingerprint density at radius 3 is 2.59 bits per heavy atom. The predicted octanol–water partition coefficient (Wildman–Crippen LogP) is 3.07. The zero-order chi connectivity index (χ0) is 19.1. The molecule has 1 aliphatic heterocycles. The van der Waals surface area contributed by atoms with Crippen LogP contribution in [0.5, 0.6) is 11.5 Å². The first-order valence-electron chi connectivity index (χ1n) is 8.69. The number of amides is 1. The standard InChI is InChI=1S/C21H21NO5/c1-22(17-6-3-2-4-7-17)20(23)15-27-21(24)11-9-16-8-10-18-19(14-16)26-13-5-12-25-18/h2-4,6-11,14H,5,12-13,15H2,1H3/b11-9+. The molecule has 0 bridgehead atoms. The molecule has 27 heavy (non-hydrogen) atoms. The molecule has 2 aromatic carbocycles. The molecule has 6 nitrogen and oxygen atoms in total. The number of hydrogen-bond donors (Lipinski definition) is 0. The maximum absolute atomic E-state index is 12.1. The number of carbonyl (C=O) groups excluding carboxylic acids is 2. The SMILES string of the molecule is CN(C(=O)COC(=O)/C=C/c1ccc2c(c1)OCCCO2)c1ccccc1. The topological polar surface area (TPSA) is 65.1 Å². The number of benzene rings is 2. The molecule has 0 saturated carbocycles. The molecule has 0 unspecified atom stereocenters. The predicted molar refractivity (Wildman–Crippen MR) is 102 cm³/mol. The van der Waals surface area contributed by atoms with Gasteiger partial charge in [-0.15, -0.1) is 0 Å². The summed E-state index contributed by atoms with van der Waals surface area (Å²) in [6.45, 7) is 0.898. The second-order valence-corrected chi connectivity index (χ2v) is 5.99. The molecule has 0 fully saturated rings. The van der Waals surface area contributed by atoms with Crippen LogP contribution >= 0.6 is 0 Å². The molecule has 6 heteroatoms. The van der Waals surface area contributed by atoms with Gasteiger partial charge in [-0.25, -0.2) is 4.79 Å². The van der Waals surface area contributed by atoms with E-state index in [2.05, 4.69) is 0 Å². The van der Waals surface area contributed by atoms with Gasteiger partial charge < -0.3 is 19.1 Å². The van der Waals surface area contributed by atoms with Crippen molar-refractivity contribution in [2.75, 3.05) is 31.8 Å². The van der Waals surface area contributed by atoms with Crippen molar-refractivity contribution < 1.29 is 23.8 Å². The van der Waals surface area contributed by atoms with E-state index in [0.29, 0.717) is 24.7 Å². The highest BCUT2D eigenvalue weighted by molar-refractivity contribution is 5.96. The number of para-hydroxylation sites is 1. The van der Waals surface area contributed by atoms with Crippen molar-refractivity contribution in [1.82, 2.24) is 0 Å². The fourth-order valence-electron chi connectivity index (χ4n) is 2.52. The van der Waals surface area contributed by atoms with Crippen molar-refractivity contribution in [3.8, 4) is 11.5 Å². The van der Waals surface area contributed by atoms with Crippen molar-refractivity contribution >= 4 is 23.6 Å². The van der Waals surface area contributed by atoms with E-state index in [4.69, 9.17) is 14.2 Å². The van der Waals surface area contributed by atoms with Gasteiger partial charge in [0.05, 0.1) is 13.2 Å². The summed E-state index contributed by atoms with van der Waals surface area (Å²) < 4.78 is 16.2. The summed E-state index contributed by atoms with van der Waals surface area (Å²) in [5.41, 5.74) is 1.52. The summed E-state index contributed by atoms with van der Waals surface area (Å²) in [4.78, 5) is 25.4. The highest BCUT2D eigenvalue weighted by Crippen LogP contribution is 2.30. The number of esters is 1. The van der Waals surface area contributed by atoms with E-state index in [0.717, 1.165) is 17.7 Å². The van der Waals surface area contributed by atoms with Crippen LogP contribution in [0.15, 0.2) is 54.6 Å². The Morgan fingerprint density at radius 1 is 1.07 bits per heavy atom. The smallest absolute Gasteiger partial charge is 0.331 e. The molecule has 0 spiro atoms. The Kier molecular flexibility index (Phi) is 6.10. The minimum Gasteiger partial charge on any atom is -0.490 e. The maximum Gasteiger partial charge on any atom is 0.331 e. The Balaban J connectivity index is 1.53. The summed E-state index contributed by atoms with van der Waals surface area (Å²) in [6, 6.07) is 14.6. The normalized spacial score (nSPS) is 13.1. The van der Waals surface area contributed by atoms with E-state index in [-0.39, 0.29) is 12.5 Å². The number of nitrogens with zero attached hydrogens (tertiary/aromatic N) is 1. The number of anilines is 1. The molecule has 1 amide bonds. The molecular formula is C21H21NO5. The third-order valence-corrected chi connectivity index (χ3v) is 4.04. The van der Waals surface area contributed by atoms with Crippen LogP contribution in [0.3, 0.4) is 0 Å². The quantitative estimate of drug-likeness (QED) is 0.600. The molecular weight excluding hydrogens is 346 g/mol. The van der Waals surface area contributed by atoms with Crippen LogP contribution < -0.4 is 14.4 Å². The third-order valence-electron chi connectivity index (χ3n) is 4.04. The molecule has 1 heterocycles. The molecule has 0 aliphatic carbocycles. The Morgan fingerprint density at radius 2 is 1.81 bits per heavy atom. The zero-order valence-electron chi connectivity index (χ0n) is 15.1. The van der Waals surface area contributed by atoms with Crippen LogP contribution in [-0.2, 0) is 14.3 Å². The van der Waals surface area contributed by atoms with Crippen LogP contribution in [-0.4, -0.2) is 38.7 Å². The minimum atomic E-state index is -0.586. The van der Waals surface area contributed by atoms with E-state index in [1.807, 2.05) is 42.5 Å². The number of fused-ring (bicyclic) bond motifs is 1. The van der Waals surface area contributed by atoms with Crippen LogP contribution in [0.1, 0.15) is 12.0 Å². The summed E-state index contributed by atoms with van der Waals surface area (Å²) in [5, 5.41) is 0. The summed E-state index contributed by atoms with van der Waals surface area (Å²) in [6.07, 6.45) is 3.73. The lowest BCUT2D eigenvalue weighted by atomic mass is 10.2. The van der Waals surface area contributed by atoms with Gasteiger partial charge in [0.2, 0.25) is 0 Å². The molecule has 1 aliphatic rings. The van der Waals surface area contributed by atoms with Crippen molar-refractivity contribution in [2.45, 2.75) is 6.42 Å². The van der Waals surface area contributed by atoms with Gasteiger partial charge in [-0.3, -0.25) is 4.79 Å². The fourth-order valence-corrected chi connectivity index (χ4v) is 2.52. The van der Waals surface area contributed by atoms with Gasteiger partial charge in [0.15, 0.2) is 18.1 Å². The lowest BCUT2D eigenvalue weighted by Crippen LogP contribution is -2.30. The lowest BCUT2D eigenvalue weighted by molar-refractivity contribution is -0.142. The minimum absolute atomic E-state index is 0.307. The average molecular weight is 367 g/mol. The monoisotopic (exact) mass is 367 g/mol. The van der Waals surface area contributed by atoms with Crippen LogP contribution in [0.2, 0.25) is 0 Å². The molecule has 2 aromatic rings. The first-order chi connectivity index (χ1) is 13.1. The summed E-state index contributed by atoms with van der Waals surface area (Å²) in [7, 11) is 1.64. The van der Waals surface area contributed by atoms with Gasteiger partial charge >= 0.3 is 5.97 Å². The Bertz CT molecular complexity index is 832. The van der Waals surface area contributed by atoms with E-state index in [1.165, 1.54) is 11.0 Å². The molecule has 140 valence electrons. The van der Waals surface area contributed by atoms with Crippen molar-refractivity contribution in [3.63, 3.8) is 0 Å². The van der Waals surface area contributed by atoms with E-state index in [1.54, 1.807) is 19.2 Å². The van der Waals surface area contributed by atoms with Gasteiger partial charge in [0, 0.05) is 25.2 Å². The second kappa shape index (κ2) is 8.89. The summed E-state index contributed by atoms with van der Waals surface area (Å²) >= 11 is 0. The van der Waals surface area contributed by atoms with Gasteiger partial charge in [0.1, 0.15) is 0 Å². The zero-order valence-corrected chi connectivity index (χ0v) is 15.1. The number of likely N-dealkylation sites (N-methyl/N-ethyl adjacent to an activating group) is 1. The van der Waals surface area contributed by atoms with E-state index >= 15 is 0 Å². The van der Waals surface area contributed by atoms with Crippen molar-refractivity contribution in [1.29, 1.82) is 0 Å². The Labute approximate surface area is 158 Å². The van der Waals surface area contributed by atoms with Crippen molar-refractivity contribution in [2.24, 2.45) is 0 Å². The average Bonchev–Trinajstić information content (AvgIpc) is 2.95. The molecule has 0 N–H and O–H groups in total. The largest absolute Gasteiger partial charge is 0.490 e. The summed E-state index contributed by atoms with van der Waals surface area (Å²) in [5.74, 6) is 0.458. The van der Waals surface area contributed by atoms with E-state index in [9.17, 15) is 9.59 Å². The second-order valence-electron chi connectivity index (χ2n) is 5.99. The molecule has 0 aromatic heterocycles. The molecule has 0 radical (unpaired) electrons. The number of ether oxygens (including phenoxy) is 3. The molecule has 3 rings (SSSR count). The first-order valence-corrected chi connectivity index (χ1v) is 8.69. The lowest BCUT2D eigenvalue weighted by Gasteiger charge is -2.16. The first kappa shape index (κ1) is 18.5. The third kappa shape index (κ3) is 5.10. The van der Waals surface area contributed by atoms with Gasteiger partial charge in [-0.1, -0.05) is 24.3 Å². The van der Waals surface area contributed by atoms with E-state index < -0.39 is 5.97 Å². The fraction of sp³-hybridized carbons (Fsp3) is 0.238. The highest BCUT2D eigenvalue weighted by atomic mass is 16.5. The maximum atomic E-state index is 12.1. The molecule has 0 saturated heterocycles. The Hall–Kier alpha value is -3.28. The van der Waals surface area contributed by atoms with Crippen LogP contribution in [0.4, 0.5) is 5.69 Å².